The number of allylic oxidation sites excluding steroid dienone is 1. The summed E-state index contributed by atoms with van der Waals surface area (Å²) in [4.78, 5) is 0. The molecule has 0 saturated carbocycles. The first-order valence-electron chi connectivity index (χ1n) is 5.92. The first kappa shape index (κ1) is 12.6. The lowest BCUT2D eigenvalue weighted by Gasteiger charge is -2.07. The van der Waals surface area contributed by atoms with Gasteiger partial charge in [-0.2, -0.15) is 10.5 Å². The molecule has 0 aliphatic rings. The van der Waals surface area contributed by atoms with Crippen molar-refractivity contribution < 1.29 is 0 Å². The second-order valence-electron chi connectivity index (χ2n) is 4.24. The minimum absolute atomic E-state index is 0.111. The Kier molecular flexibility index (Phi) is 3.76. The fourth-order valence-corrected chi connectivity index (χ4v) is 1.94. The smallest absolute Gasteiger partial charge is 0.130 e. The van der Waals surface area contributed by atoms with Crippen molar-refractivity contribution >= 4 is 6.08 Å². The van der Waals surface area contributed by atoms with E-state index in [1.54, 1.807) is 6.08 Å². The summed E-state index contributed by atoms with van der Waals surface area (Å²) in [5.74, 6) is 0. The Morgan fingerprint density at radius 1 is 1.00 bits per heavy atom. The van der Waals surface area contributed by atoms with Gasteiger partial charge in [0.2, 0.25) is 0 Å². The third-order valence-electron chi connectivity index (χ3n) is 2.83. The summed E-state index contributed by atoms with van der Waals surface area (Å²) in [6.07, 6.45) is 1.62. The van der Waals surface area contributed by atoms with Gasteiger partial charge in [-0.15, -0.1) is 0 Å². The summed E-state index contributed by atoms with van der Waals surface area (Å²) >= 11 is 0. The van der Waals surface area contributed by atoms with Gasteiger partial charge in [0.05, 0.1) is 0 Å². The highest BCUT2D eigenvalue weighted by Gasteiger charge is 2.04. The van der Waals surface area contributed by atoms with Crippen molar-refractivity contribution in [1.29, 1.82) is 10.5 Å². The van der Waals surface area contributed by atoms with Crippen LogP contribution in [0.5, 0.6) is 0 Å². The highest BCUT2D eigenvalue weighted by atomic mass is 14.3. The molecule has 90 valence electrons. The van der Waals surface area contributed by atoms with E-state index in [0.717, 1.165) is 16.7 Å². The van der Waals surface area contributed by atoms with E-state index < -0.39 is 0 Å². The zero-order valence-electron chi connectivity index (χ0n) is 10.6. The van der Waals surface area contributed by atoms with Crippen molar-refractivity contribution in [2.45, 2.75) is 6.92 Å². The number of aryl methyl sites for hydroxylation is 1. The maximum absolute atomic E-state index is 8.85. The summed E-state index contributed by atoms with van der Waals surface area (Å²) in [5.41, 5.74) is 4.28. The van der Waals surface area contributed by atoms with E-state index >= 15 is 0 Å². The molecule has 0 atom stereocenters. The Labute approximate surface area is 112 Å². The van der Waals surface area contributed by atoms with Crippen molar-refractivity contribution in [2.24, 2.45) is 0 Å². The fourth-order valence-electron chi connectivity index (χ4n) is 1.94. The van der Waals surface area contributed by atoms with Gasteiger partial charge in [0.15, 0.2) is 0 Å². The van der Waals surface area contributed by atoms with Gasteiger partial charge in [-0.05, 0) is 29.7 Å². The van der Waals surface area contributed by atoms with Crippen LogP contribution in [0.15, 0.2) is 54.1 Å². The molecule has 2 aromatic carbocycles. The quantitative estimate of drug-likeness (QED) is 0.747. The van der Waals surface area contributed by atoms with E-state index in [-0.39, 0.29) is 5.57 Å². The minimum Gasteiger partial charge on any atom is -0.192 e. The molecule has 0 saturated heterocycles. The van der Waals surface area contributed by atoms with E-state index in [0.29, 0.717) is 0 Å². The highest BCUT2D eigenvalue weighted by molar-refractivity contribution is 5.78. The molecule has 19 heavy (non-hydrogen) atoms. The zero-order chi connectivity index (χ0) is 13.7. The van der Waals surface area contributed by atoms with E-state index in [4.69, 9.17) is 10.5 Å². The number of hydrogen-bond acceptors (Lipinski definition) is 2. The SMILES string of the molecule is Cc1cccc(-c2ccccc2C=C(C#N)C#N)c1. The molecular weight excluding hydrogens is 232 g/mol. The predicted octanol–water partition coefficient (Wildman–Crippen LogP) is 4.09. The molecule has 0 aliphatic carbocycles. The second-order valence-corrected chi connectivity index (χ2v) is 4.24. The molecule has 0 N–H and O–H groups in total. The number of benzene rings is 2. The largest absolute Gasteiger partial charge is 0.192 e. The molecule has 0 amide bonds. The predicted molar refractivity (Wildman–Crippen MR) is 75.8 cm³/mol. The van der Waals surface area contributed by atoms with Gasteiger partial charge in [-0.3, -0.25) is 0 Å². The lowest BCUT2D eigenvalue weighted by atomic mass is 9.97. The van der Waals surface area contributed by atoms with Crippen molar-refractivity contribution in [1.82, 2.24) is 0 Å². The van der Waals surface area contributed by atoms with E-state index in [2.05, 4.69) is 6.07 Å². The summed E-state index contributed by atoms with van der Waals surface area (Å²) < 4.78 is 0. The van der Waals surface area contributed by atoms with Crippen LogP contribution in [0.3, 0.4) is 0 Å². The van der Waals surface area contributed by atoms with Crippen LogP contribution in [0, 0.1) is 29.6 Å². The molecule has 0 fully saturated rings. The molecule has 0 radical (unpaired) electrons. The van der Waals surface area contributed by atoms with Gasteiger partial charge in [-0.25, -0.2) is 0 Å². The van der Waals surface area contributed by atoms with Gasteiger partial charge in [0.25, 0.3) is 0 Å². The molecule has 0 spiro atoms. The van der Waals surface area contributed by atoms with Gasteiger partial charge in [0, 0.05) is 0 Å². The van der Waals surface area contributed by atoms with Crippen LogP contribution in [0.25, 0.3) is 17.2 Å². The summed E-state index contributed by atoms with van der Waals surface area (Å²) in [7, 11) is 0. The van der Waals surface area contributed by atoms with Gasteiger partial charge in [0.1, 0.15) is 17.7 Å². The van der Waals surface area contributed by atoms with Gasteiger partial charge >= 0.3 is 0 Å². The third-order valence-corrected chi connectivity index (χ3v) is 2.83. The molecule has 0 aliphatic heterocycles. The Hall–Kier alpha value is -2.84. The van der Waals surface area contributed by atoms with Crippen molar-refractivity contribution in [3.63, 3.8) is 0 Å². The zero-order valence-corrected chi connectivity index (χ0v) is 10.6. The molecule has 0 aromatic heterocycles. The summed E-state index contributed by atoms with van der Waals surface area (Å²) in [6, 6.07) is 19.7. The average molecular weight is 244 g/mol. The third kappa shape index (κ3) is 2.89. The Bertz CT molecular complexity index is 697. The van der Waals surface area contributed by atoms with Crippen LogP contribution >= 0.6 is 0 Å². The molecule has 0 heterocycles. The van der Waals surface area contributed by atoms with Crippen LogP contribution in [-0.2, 0) is 0 Å². The topological polar surface area (TPSA) is 47.6 Å². The molecule has 2 rings (SSSR count). The molecule has 0 bridgehead atoms. The van der Waals surface area contributed by atoms with Gasteiger partial charge in [-0.1, -0.05) is 54.1 Å². The second kappa shape index (κ2) is 5.67. The molecule has 2 nitrogen and oxygen atoms in total. The van der Waals surface area contributed by atoms with Crippen molar-refractivity contribution in [2.75, 3.05) is 0 Å². The minimum atomic E-state index is 0.111. The summed E-state index contributed by atoms with van der Waals surface area (Å²) in [5, 5.41) is 17.7. The molecule has 2 aromatic rings. The maximum atomic E-state index is 8.85. The number of nitriles is 2. The van der Waals surface area contributed by atoms with Crippen LogP contribution < -0.4 is 0 Å². The van der Waals surface area contributed by atoms with Crippen molar-refractivity contribution in [3.05, 3.63) is 65.2 Å². The number of rotatable bonds is 2. The lowest BCUT2D eigenvalue weighted by molar-refractivity contribution is 1.45. The monoisotopic (exact) mass is 244 g/mol. The summed E-state index contributed by atoms with van der Waals surface area (Å²) in [6.45, 7) is 2.04. The van der Waals surface area contributed by atoms with Crippen LogP contribution in [-0.4, -0.2) is 0 Å². The highest BCUT2D eigenvalue weighted by Crippen LogP contribution is 2.26. The van der Waals surface area contributed by atoms with Crippen LogP contribution in [0.2, 0.25) is 0 Å². The fraction of sp³-hybridized carbons (Fsp3) is 0.0588. The van der Waals surface area contributed by atoms with E-state index in [9.17, 15) is 0 Å². The Balaban J connectivity index is 2.58. The van der Waals surface area contributed by atoms with Crippen molar-refractivity contribution in [3.8, 4) is 23.3 Å². The number of hydrogen-bond donors (Lipinski definition) is 0. The van der Waals surface area contributed by atoms with Crippen LogP contribution in [0.1, 0.15) is 11.1 Å². The molecule has 2 heteroatoms. The first-order chi connectivity index (χ1) is 9.24. The van der Waals surface area contributed by atoms with E-state index in [1.165, 1.54) is 5.56 Å². The van der Waals surface area contributed by atoms with Gasteiger partial charge < -0.3 is 0 Å². The Morgan fingerprint density at radius 2 is 1.74 bits per heavy atom. The lowest BCUT2D eigenvalue weighted by Crippen LogP contribution is -1.85. The first-order valence-corrected chi connectivity index (χ1v) is 5.92. The molecule has 0 unspecified atom stereocenters. The standard InChI is InChI=1S/C17H12N2/c1-13-5-4-7-15(9-13)17-8-3-2-6-16(17)10-14(11-18)12-19/h2-10H,1H3. The Morgan fingerprint density at radius 3 is 2.42 bits per heavy atom. The van der Waals surface area contributed by atoms with Crippen LogP contribution in [0.4, 0.5) is 0 Å². The number of nitrogens with zero attached hydrogens (tertiary/aromatic N) is 2. The maximum Gasteiger partial charge on any atom is 0.130 e. The normalized spacial score (nSPS) is 9.21. The molecular formula is C17H12N2. The van der Waals surface area contributed by atoms with E-state index in [1.807, 2.05) is 61.5 Å². The average Bonchev–Trinajstić information content (AvgIpc) is 2.45.